The minimum absolute atomic E-state index is 0.120. The van der Waals surface area contributed by atoms with Gasteiger partial charge in [0.25, 0.3) is 5.91 Å². The van der Waals surface area contributed by atoms with Gasteiger partial charge in [-0.05, 0) is 6.92 Å². The third-order valence-electron chi connectivity index (χ3n) is 2.80. The van der Waals surface area contributed by atoms with E-state index < -0.39 is 12.0 Å². The molecular formula is C11H15N3O4. The number of hydrogen-bond acceptors (Lipinski definition) is 4. The van der Waals surface area contributed by atoms with Crippen molar-refractivity contribution in [1.82, 2.24) is 14.9 Å². The number of ether oxygens (including phenoxy) is 1. The van der Waals surface area contributed by atoms with Crippen LogP contribution < -0.4 is 0 Å². The fraction of sp³-hybridized carbons (Fsp3) is 0.545. The van der Waals surface area contributed by atoms with Crippen molar-refractivity contribution >= 4 is 11.9 Å². The van der Waals surface area contributed by atoms with Crippen LogP contribution in [0.15, 0.2) is 6.20 Å². The Morgan fingerprint density at radius 2 is 2.44 bits per heavy atom. The third-order valence-corrected chi connectivity index (χ3v) is 2.80. The van der Waals surface area contributed by atoms with E-state index in [1.165, 1.54) is 4.90 Å². The zero-order chi connectivity index (χ0) is 13.1. The number of aromatic amines is 1. The second kappa shape index (κ2) is 5.18. The lowest BCUT2D eigenvalue weighted by Gasteiger charge is -2.34. The number of rotatable bonds is 3. The molecule has 18 heavy (non-hydrogen) atoms. The molecule has 0 radical (unpaired) electrons. The minimum atomic E-state index is -0.945. The SMILES string of the molecule is Cc1cnc(C(=O)N2CCOCC2CC(=O)O)[nH]1. The Hall–Kier alpha value is -1.89. The van der Waals surface area contributed by atoms with E-state index in [1.807, 2.05) is 0 Å². The lowest BCUT2D eigenvalue weighted by Crippen LogP contribution is -2.49. The van der Waals surface area contributed by atoms with Crippen LogP contribution in [-0.4, -0.2) is 57.7 Å². The molecule has 1 aliphatic heterocycles. The van der Waals surface area contributed by atoms with Crippen LogP contribution >= 0.6 is 0 Å². The maximum Gasteiger partial charge on any atom is 0.305 e. The fourth-order valence-electron chi connectivity index (χ4n) is 1.95. The number of hydrogen-bond donors (Lipinski definition) is 2. The number of morpholine rings is 1. The van der Waals surface area contributed by atoms with Crippen molar-refractivity contribution in [3.63, 3.8) is 0 Å². The van der Waals surface area contributed by atoms with Crippen LogP contribution in [0.5, 0.6) is 0 Å². The van der Waals surface area contributed by atoms with E-state index in [0.717, 1.165) is 5.69 Å². The van der Waals surface area contributed by atoms with Crippen molar-refractivity contribution in [2.75, 3.05) is 19.8 Å². The number of carboxylic acid groups (broad SMARTS) is 1. The van der Waals surface area contributed by atoms with E-state index in [1.54, 1.807) is 13.1 Å². The van der Waals surface area contributed by atoms with Gasteiger partial charge in [0.15, 0.2) is 5.82 Å². The molecule has 2 rings (SSSR count). The number of imidazole rings is 1. The highest BCUT2D eigenvalue weighted by Crippen LogP contribution is 2.13. The molecule has 1 fully saturated rings. The summed E-state index contributed by atoms with van der Waals surface area (Å²) < 4.78 is 5.22. The molecule has 0 saturated carbocycles. The third kappa shape index (κ3) is 2.67. The van der Waals surface area contributed by atoms with Gasteiger partial charge in [0.05, 0.1) is 25.7 Å². The molecule has 0 aliphatic carbocycles. The summed E-state index contributed by atoms with van der Waals surface area (Å²) in [5, 5.41) is 8.82. The quantitative estimate of drug-likeness (QED) is 0.792. The van der Waals surface area contributed by atoms with Crippen LogP contribution in [0.1, 0.15) is 22.7 Å². The summed E-state index contributed by atoms with van der Waals surface area (Å²) >= 11 is 0. The summed E-state index contributed by atoms with van der Waals surface area (Å²) in [4.78, 5) is 31.3. The van der Waals surface area contributed by atoms with Crippen LogP contribution in [0.3, 0.4) is 0 Å². The van der Waals surface area contributed by atoms with Gasteiger partial charge in [-0.25, -0.2) is 4.98 Å². The smallest absolute Gasteiger partial charge is 0.305 e. The molecule has 1 aliphatic rings. The number of carbonyl (C=O) groups is 2. The monoisotopic (exact) mass is 253 g/mol. The first-order valence-corrected chi connectivity index (χ1v) is 5.70. The molecule has 0 spiro atoms. The number of carboxylic acids is 1. The molecule has 1 aromatic heterocycles. The molecule has 1 aromatic rings. The zero-order valence-corrected chi connectivity index (χ0v) is 10.0. The number of carbonyl (C=O) groups excluding carboxylic acids is 1. The highest BCUT2D eigenvalue weighted by atomic mass is 16.5. The maximum atomic E-state index is 12.2. The predicted molar refractivity (Wildman–Crippen MR) is 61.2 cm³/mol. The Labute approximate surface area is 104 Å². The molecule has 2 heterocycles. The largest absolute Gasteiger partial charge is 0.481 e. The van der Waals surface area contributed by atoms with Crippen molar-refractivity contribution in [3.8, 4) is 0 Å². The minimum Gasteiger partial charge on any atom is -0.481 e. The Bertz CT molecular complexity index is 457. The lowest BCUT2D eigenvalue weighted by atomic mass is 10.1. The molecular weight excluding hydrogens is 238 g/mol. The number of aryl methyl sites for hydroxylation is 1. The number of nitrogens with zero attached hydrogens (tertiary/aromatic N) is 2. The van der Waals surface area contributed by atoms with Gasteiger partial charge in [0, 0.05) is 18.4 Å². The van der Waals surface area contributed by atoms with E-state index >= 15 is 0 Å². The predicted octanol–water partition coefficient (Wildman–Crippen LogP) is 0.0338. The van der Waals surface area contributed by atoms with Gasteiger partial charge in [0.2, 0.25) is 0 Å². The van der Waals surface area contributed by atoms with E-state index in [0.29, 0.717) is 13.2 Å². The Morgan fingerprint density at radius 3 is 3.06 bits per heavy atom. The molecule has 1 saturated heterocycles. The van der Waals surface area contributed by atoms with Gasteiger partial charge in [-0.2, -0.15) is 0 Å². The van der Waals surface area contributed by atoms with Crippen LogP contribution in [0, 0.1) is 6.92 Å². The van der Waals surface area contributed by atoms with E-state index in [4.69, 9.17) is 9.84 Å². The molecule has 2 N–H and O–H groups in total. The highest BCUT2D eigenvalue weighted by Gasteiger charge is 2.30. The Kier molecular flexibility index (Phi) is 3.61. The van der Waals surface area contributed by atoms with Crippen molar-refractivity contribution in [2.45, 2.75) is 19.4 Å². The van der Waals surface area contributed by atoms with Crippen molar-refractivity contribution in [1.29, 1.82) is 0 Å². The number of aromatic nitrogens is 2. The van der Waals surface area contributed by atoms with Crippen LogP contribution in [0.4, 0.5) is 0 Å². The molecule has 1 amide bonds. The second-order valence-electron chi connectivity index (χ2n) is 4.24. The maximum absolute atomic E-state index is 12.2. The summed E-state index contributed by atoms with van der Waals surface area (Å²) in [6.07, 6.45) is 1.45. The number of aliphatic carboxylic acids is 1. The summed E-state index contributed by atoms with van der Waals surface area (Å²) in [6, 6.07) is -0.436. The summed E-state index contributed by atoms with van der Waals surface area (Å²) in [5.74, 6) is -0.985. The molecule has 1 atom stereocenters. The van der Waals surface area contributed by atoms with Gasteiger partial charge in [-0.3, -0.25) is 9.59 Å². The van der Waals surface area contributed by atoms with Gasteiger partial charge in [0.1, 0.15) is 0 Å². The van der Waals surface area contributed by atoms with Gasteiger partial charge >= 0.3 is 5.97 Å². The van der Waals surface area contributed by atoms with E-state index in [2.05, 4.69) is 9.97 Å². The van der Waals surface area contributed by atoms with Gasteiger partial charge in [-0.15, -0.1) is 0 Å². The van der Waals surface area contributed by atoms with Crippen LogP contribution in [0.25, 0.3) is 0 Å². The molecule has 98 valence electrons. The molecule has 1 unspecified atom stereocenters. The number of amides is 1. The van der Waals surface area contributed by atoms with Crippen LogP contribution in [0.2, 0.25) is 0 Å². The van der Waals surface area contributed by atoms with Crippen molar-refractivity contribution < 1.29 is 19.4 Å². The Balaban J connectivity index is 2.13. The Morgan fingerprint density at radius 1 is 1.67 bits per heavy atom. The average molecular weight is 253 g/mol. The number of nitrogens with one attached hydrogen (secondary N) is 1. The summed E-state index contributed by atoms with van der Waals surface area (Å²) in [5.41, 5.74) is 0.793. The van der Waals surface area contributed by atoms with E-state index in [9.17, 15) is 9.59 Å². The first-order valence-electron chi connectivity index (χ1n) is 5.70. The molecule has 0 bridgehead atoms. The van der Waals surface area contributed by atoms with Crippen LogP contribution in [-0.2, 0) is 9.53 Å². The standard InChI is InChI=1S/C11H15N3O4/c1-7-5-12-10(13-7)11(17)14-2-3-18-6-8(14)4-9(15)16/h5,8H,2-4,6H2,1H3,(H,12,13)(H,15,16). The first-order chi connectivity index (χ1) is 8.58. The van der Waals surface area contributed by atoms with Crippen molar-refractivity contribution in [2.24, 2.45) is 0 Å². The molecule has 7 nitrogen and oxygen atoms in total. The summed E-state index contributed by atoms with van der Waals surface area (Å²) in [7, 11) is 0. The average Bonchev–Trinajstić information content (AvgIpc) is 2.75. The first kappa shape index (κ1) is 12.6. The highest BCUT2D eigenvalue weighted by molar-refractivity contribution is 5.91. The van der Waals surface area contributed by atoms with Crippen molar-refractivity contribution in [3.05, 3.63) is 17.7 Å². The number of H-pyrrole nitrogens is 1. The van der Waals surface area contributed by atoms with E-state index in [-0.39, 0.29) is 24.8 Å². The second-order valence-corrected chi connectivity index (χ2v) is 4.24. The topological polar surface area (TPSA) is 95.5 Å². The normalized spacial score (nSPS) is 19.8. The summed E-state index contributed by atoms with van der Waals surface area (Å²) in [6.45, 7) is 2.85. The zero-order valence-electron chi connectivity index (χ0n) is 10.0. The van der Waals surface area contributed by atoms with Gasteiger partial charge in [-0.1, -0.05) is 0 Å². The van der Waals surface area contributed by atoms with Gasteiger partial charge < -0.3 is 19.7 Å². The fourth-order valence-corrected chi connectivity index (χ4v) is 1.95. The lowest BCUT2D eigenvalue weighted by molar-refractivity contribution is -0.139. The molecule has 7 heteroatoms. The molecule has 0 aromatic carbocycles.